The summed E-state index contributed by atoms with van der Waals surface area (Å²) in [6.45, 7) is 3.48. The summed E-state index contributed by atoms with van der Waals surface area (Å²) in [5, 5.41) is 0.552. The van der Waals surface area contributed by atoms with Gasteiger partial charge in [0, 0.05) is 51.0 Å². The van der Waals surface area contributed by atoms with Crippen molar-refractivity contribution in [1.29, 1.82) is 0 Å². The number of aryl methyl sites for hydroxylation is 1. The minimum atomic E-state index is 0.299. The zero-order valence-electron chi connectivity index (χ0n) is 14.7. The topological polar surface area (TPSA) is 67.2 Å². The fourth-order valence-corrected chi connectivity index (χ4v) is 4.23. The van der Waals surface area contributed by atoms with Crippen LogP contribution in [0.2, 0.25) is 5.02 Å². The summed E-state index contributed by atoms with van der Waals surface area (Å²) in [7, 11) is 0. The molecule has 2 aliphatic rings. The van der Waals surface area contributed by atoms with Crippen LogP contribution < -0.4 is 4.90 Å². The largest absolute Gasteiger partial charge is 0.340 e. The Bertz CT molecular complexity index is 735. The molecular formula is C18H23ClN6O. The molecule has 0 spiro atoms. The normalized spacial score (nSPS) is 23.2. The van der Waals surface area contributed by atoms with E-state index in [1.165, 1.54) is 0 Å². The van der Waals surface area contributed by atoms with E-state index in [2.05, 4.69) is 29.3 Å². The number of rotatable bonds is 5. The minimum absolute atomic E-state index is 0.299. The van der Waals surface area contributed by atoms with Crippen LogP contribution in [0.4, 0.5) is 5.95 Å². The Kier molecular flexibility index (Phi) is 5.06. The number of hydrogen-bond donors (Lipinski definition) is 0. The zero-order valence-corrected chi connectivity index (χ0v) is 15.4. The molecule has 26 heavy (non-hydrogen) atoms. The zero-order chi connectivity index (χ0) is 17.9. The molecule has 4 heterocycles. The number of carbonyl (C=O) groups excluding carboxylic acids is 1. The smallest absolute Gasteiger partial charge is 0.225 e. The molecule has 8 heteroatoms. The van der Waals surface area contributed by atoms with E-state index < -0.39 is 0 Å². The van der Waals surface area contributed by atoms with Crippen molar-refractivity contribution in [2.45, 2.75) is 38.3 Å². The number of nitrogens with zero attached hydrogens (tertiary/aromatic N) is 6. The lowest BCUT2D eigenvalue weighted by Crippen LogP contribution is -2.56. The summed E-state index contributed by atoms with van der Waals surface area (Å²) in [6.07, 6.45) is 12.4. The SMILES string of the molecule is O=C1CC[C@H]2CN(c3ncc(Cl)cn3)CC[C@H]2N1CCCn1ccnc1. The van der Waals surface area contributed by atoms with E-state index in [9.17, 15) is 4.79 Å². The van der Waals surface area contributed by atoms with Crippen LogP contribution in [0.15, 0.2) is 31.1 Å². The second kappa shape index (κ2) is 7.61. The summed E-state index contributed by atoms with van der Waals surface area (Å²) in [5.74, 6) is 1.51. The molecule has 0 saturated carbocycles. The third-order valence-electron chi connectivity index (χ3n) is 5.41. The molecular weight excluding hydrogens is 352 g/mol. The molecule has 2 fully saturated rings. The molecule has 0 radical (unpaired) electrons. The number of fused-ring (bicyclic) bond motifs is 1. The van der Waals surface area contributed by atoms with E-state index in [4.69, 9.17) is 11.6 Å². The van der Waals surface area contributed by atoms with Gasteiger partial charge in [-0.15, -0.1) is 0 Å². The Morgan fingerprint density at radius 3 is 2.81 bits per heavy atom. The van der Waals surface area contributed by atoms with Gasteiger partial charge >= 0.3 is 0 Å². The highest BCUT2D eigenvalue weighted by Gasteiger charge is 2.39. The summed E-state index contributed by atoms with van der Waals surface area (Å²) < 4.78 is 2.06. The van der Waals surface area contributed by atoms with Crippen LogP contribution in [0.1, 0.15) is 25.7 Å². The first-order valence-corrected chi connectivity index (χ1v) is 9.56. The first-order valence-electron chi connectivity index (χ1n) is 9.18. The maximum Gasteiger partial charge on any atom is 0.225 e. The van der Waals surface area contributed by atoms with Gasteiger partial charge in [-0.1, -0.05) is 11.6 Å². The molecule has 0 aromatic carbocycles. The van der Waals surface area contributed by atoms with Gasteiger partial charge in [-0.25, -0.2) is 15.0 Å². The van der Waals surface area contributed by atoms with Gasteiger partial charge < -0.3 is 14.4 Å². The number of likely N-dealkylation sites (tertiary alicyclic amines) is 1. The van der Waals surface area contributed by atoms with Crippen molar-refractivity contribution >= 4 is 23.5 Å². The number of hydrogen-bond acceptors (Lipinski definition) is 5. The van der Waals surface area contributed by atoms with Crippen molar-refractivity contribution in [3.05, 3.63) is 36.1 Å². The van der Waals surface area contributed by atoms with Crippen LogP contribution in [0.3, 0.4) is 0 Å². The number of amides is 1. The molecule has 0 aliphatic carbocycles. The average Bonchev–Trinajstić information content (AvgIpc) is 3.17. The van der Waals surface area contributed by atoms with Gasteiger partial charge in [0.2, 0.25) is 11.9 Å². The van der Waals surface area contributed by atoms with Crippen molar-refractivity contribution in [3.8, 4) is 0 Å². The molecule has 0 bridgehead atoms. The van der Waals surface area contributed by atoms with Crippen molar-refractivity contribution < 1.29 is 4.79 Å². The lowest BCUT2D eigenvalue weighted by molar-refractivity contribution is -0.139. The van der Waals surface area contributed by atoms with Crippen LogP contribution in [-0.4, -0.2) is 56.0 Å². The summed E-state index contributed by atoms with van der Waals surface area (Å²) in [4.78, 5) is 29.6. The summed E-state index contributed by atoms with van der Waals surface area (Å²) >= 11 is 5.89. The molecule has 2 aliphatic heterocycles. The number of imidazole rings is 1. The van der Waals surface area contributed by atoms with E-state index in [1.54, 1.807) is 18.6 Å². The Balaban J connectivity index is 1.37. The molecule has 2 saturated heterocycles. The van der Waals surface area contributed by atoms with Gasteiger partial charge in [-0.3, -0.25) is 4.79 Å². The van der Waals surface area contributed by atoms with Gasteiger partial charge in [-0.2, -0.15) is 0 Å². The lowest BCUT2D eigenvalue weighted by atomic mass is 9.83. The fourth-order valence-electron chi connectivity index (χ4n) is 4.13. The Hall–Kier alpha value is -2.15. The van der Waals surface area contributed by atoms with Crippen molar-refractivity contribution in [2.75, 3.05) is 24.5 Å². The van der Waals surface area contributed by atoms with E-state index in [-0.39, 0.29) is 0 Å². The third-order valence-corrected chi connectivity index (χ3v) is 5.60. The van der Waals surface area contributed by atoms with Crippen LogP contribution in [0.25, 0.3) is 0 Å². The van der Waals surface area contributed by atoms with E-state index in [1.807, 2.05) is 12.5 Å². The highest BCUT2D eigenvalue weighted by molar-refractivity contribution is 6.30. The van der Waals surface area contributed by atoms with Crippen molar-refractivity contribution in [1.82, 2.24) is 24.4 Å². The quantitative estimate of drug-likeness (QED) is 0.802. The molecule has 2 atom stereocenters. The van der Waals surface area contributed by atoms with Gasteiger partial charge in [-0.05, 0) is 25.2 Å². The number of aromatic nitrogens is 4. The van der Waals surface area contributed by atoms with Gasteiger partial charge in [0.1, 0.15) is 0 Å². The van der Waals surface area contributed by atoms with Crippen LogP contribution in [-0.2, 0) is 11.3 Å². The van der Waals surface area contributed by atoms with Crippen LogP contribution in [0.5, 0.6) is 0 Å². The molecule has 4 rings (SSSR count). The Labute approximate surface area is 158 Å². The minimum Gasteiger partial charge on any atom is -0.340 e. The van der Waals surface area contributed by atoms with Crippen LogP contribution in [0, 0.1) is 5.92 Å². The second-order valence-corrected chi connectivity index (χ2v) is 7.48. The van der Waals surface area contributed by atoms with Crippen LogP contribution >= 0.6 is 11.6 Å². The maximum atomic E-state index is 12.5. The second-order valence-electron chi connectivity index (χ2n) is 7.04. The van der Waals surface area contributed by atoms with E-state index in [0.717, 1.165) is 51.4 Å². The molecule has 1 amide bonds. The Morgan fingerprint density at radius 2 is 2.04 bits per heavy atom. The fraction of sp³-hybridized carbons (Fsp3) is 0.556. The maximum absolute atomic E-state index is 12.5. The first kappa shape index (κ1) is 17.3. The number of anilines is 1. The number of carbonyl (C=O) groups is 1. The standard InChI is InChI=1S/C18H23ClN6O/c19-15-10-21-18(22-11-15)24-8-4-16-14(12-24)2-3-17(26)25(16)7-1-6-23-9-5-20-13-23/h5,9-11,13-14,16H,1-4,6-8,12H2/t14-,16+/m0/s1. The highest BCUT2D eigenvalue weighted by Crippen LogP contribution is 2.32. The summed E-state index contributed by atoms with van der Waals surface area (Å²) in [5.41, 5.74) is 0. The predicted octanol–water partition coefficient (Wildman–Crippen LogP) is 2.23. The molecule has 0 N–H and O–H groups in total. The third kappa shape index (κ3) is 3.67. The predicted molar refractivity (Wildman–Crippen MR) is 98.9 cm³/mol. The van der Waals surface area contributed by atoms with Gasteiger partial charge in [0.15, 0.2) is 0 Å². The first-order chi connectivity index (χ1) is 12.7. The Morgan fingerprint density at radius 1 is 1.19 bits per heavy atom. The van der Waals surface area contributed by atoms with Crippen molar-refractivity contribution in [3.63, 3.8) is 0 Å². The molecule has 138 valence electrons. The van der Waals surface area contributed by atoms with Crippen molar-refractivity contribution in [2.24, 2.45) is 5.92 Å². The van der Waals surface area contributed by atoms with Gasteiger partial charge in [0.05, 0.1) is 23.7 Å². The highest BCUT2D eigenvalue weighted by atomic mass is 35.5. The van der Waals surface area contributed by atoms with E-state index >= 15 is 0 Å². The van der Waals surface area contributed by atoms with Gasteiger partial charge in [0.25, 0.3) is 0 Å². The number of piperidine rings is 2. The molecule has 0 unspecified atom stereocenters. The van der Waals surface area contributed by atoms with E-state index in [0.29, 0.717) is 29.3 Å². The molecule has 2 aromatic heterocycles. The monoisotopic (exact) mass is 374 g/mol. The number of halogens is 1. The average molecular weight is 375 g/mol. The summed E-state index contributed by atoms with van der Waals surface area (Å²) in [6, 6.07) is 0.336. The lowest BCUT2D eigenvalue weighted by Gasteiger charge is -2.47. The molecule has 2 aromatic rings. The molecule has 7 nitrogen and oxygen atoms in total.